The molecule has 0 radical (unpaired) electrons. The van der Waals surface area contributed by atoms with Crippen LogP contribution in [0.25, 0.3) is 0 Å². The summed E-state index contributed by atoms with van der Waals surface area (Å²) in [6.45, 7) is 7.96. The highest BCUT2D eigenvalue weighted by Crippen LogP contribution is 2.30. The molecule has 2 aromatic carbocycles. The van der Waals surface area contributed by atoms with Crippen LogP contribution < -0.4 is 10.1 Å². The molecule has 0 aromatic heterocycles. The molecule has 0 spiro atoms. The summed E-state index contributed by atoms with van der Waals surface area (Å²) in [5.74, 6) is 0.966. The first-order chi connectivity index (χ1) is 10.3. The zero-order chi connectivity index (χ0) is 15.1. The molecule has 2 aromatic rings. The number of ether oxygens (including phenoxy) is 1. The number of hydrogen-bond acceptors (Lipinski definition) is 2. The minimum Gasteiger partial charge on any atom is -0.494 e. The van der Waals surface area contributed by atoms with Crippen LogP contribution in [-0.4, -0.2) is 13.2 Å². The van der Waals surface area contributed by atoms with Crippen LogP contribution >= 0.6 is 0 Å². The maximum atomic E-state index is 5.80. The SMILES string of the molecule is CCNC(c1cccc(CC)c1)c1ccccc1OCC. The lowest BCUT2D eigenvalue weighted by Crippen LogP contribution is -2.22. The standard InChI is InChI=1S/C19H25NO/c1-4-15-10-9-11-16(14-15)19(20-5-2)17-12-7-8-13-18(17)21-6-3/h7-14,19-20H,4-6H2,1-3H3. The highest BCUT2D eigenvalue weighted by atomic mass is 16.5. The van der Waals surface area contributed by atoms with Crippen LogP contribution in [0.3, 0.4) is 0 Å². The molecule has 0 aliphatic rings. The molecule has 0 aliphatic heterocycles. The number of hydrogen-bond donors (Lipinski definition) is 1. The molecule has 2 rings (SSSR count). The molecule has 2 nitrogen and oxygen atoms in total. The van der Waals surface area contributed by atoms with Crippen LogP contribution in [0, 0.1) is 0 Å². The zero-order valence-corrected chi connectivity index (χ0v) is 13.2. The Hall–Kier alpha value is -1.80. The molecule has 0 saturated carbocycles. The number of benzene rings is 2. The monoisotopic (exact) mass is 283 g/mol. The van der Waals surface area contributed by atoms with Gasteiger partial charge < -0.3 is 10.1 Å². The fourth-order valence-electron chi connectivity index (χ4n) is 2.61. The first kappa shape index (κ1) is 15.6. The molecule has 112 valence electrons. The molecular weight excluding hydrogens is 258 g/mol. The van der Waals surface area contributed by atoms with Crippen molar-refractivity contribution in [2.24, 2.45) is 0 Å². The smallest absolute Gasteiger partial charge is 0.124 e. The van der Waals surface area contributed by atoms with Crippen molar-refractivity contribution in [2.75, 3.05) is 13.2 Å². The van der Waals surface area contributed by atoms with Crippen LogP contribution in [-0.2, 0) is 6.42 Å². The Bertz CT molecular complexity index is 565. The predicted molar refractivity (Wildman–Crippen MR) is 89.0 cm³/mol. The van der Waals surface area contributed by atoms with E-state index in [0.29, 0.717) is 6.61 Å². The van der Waals surface area contributed by atoms with Gasteiger partial charge in [0, 0.05) is 5.56 Å². The largest absolute Gasteiger partial charge is 0.494 e. The lowest BCUT2D eigenvalue weighted by Gasteiger charge is -2.22. The molecule has 0 fully saturated rings. The van der Waals surface area contributed by atoms with Crippen LogP contribution in [0.4, 0.5) is 0 Å². The van der Waals surface area contributed by atoms with E-state index in [1.807, 2.05) is 19.1 Å². The fraction of sp³-hybridized carbons (Fsp3) is 0.368. The summed E-state index contributed by atoms with van der Waals surface area (Å²) in [6, 6.07) is 17.3. The van der Waals surface area contributed by atoms with E-state index in [4.69, 9.17) is 4.74 Å². The van der Waals surface area contributed by atoms with Crippen molar-refractivity contribution >= 4 is 0 Å². The Morgan fingerprint density at radius 3 is 2.52 bits per heavy atom. The van der Waals surface area contributed by atoms with Crippen molar-refractivity contribution in [3.8, 4) is 5.75 Å². The van der Waals surface area contributed by atoms with Gasteiger partial charge in [-0.15, -0.1) is 0 Å². The molecule has 0 aliphatic carbocycles. The topological polar surface area (TPSA) is 21.3 Å². The van der Waals surface area contributed by atoms with E-state index < -0.39 is 0 Å². The van der Waals surface area contributed by atoms with Gasteiger partial charge in [-0.25, -0.2) is 0 Å². The molecule has 1 unspecified atom stereocenters. The Balaban J connectivity index is 2.42. The summed E-state index contributed by atoms with van der Waals surface area (Å²) in [5.41, 5.74) is 3.86. The van der Waals surface area contributed by atoms with Crippen molar-refractivity contribution < 1.29 is 4.74 Å². The van der Waals surface area contributed by atoms with Crippen LogP contribution in [0.15, 0.2) is 48.5 Å². The van der Waals surface area contributed by atoms with E-state index in [-0.39, 0.29) is 6.04 Å². The van der Waals surface area contributed by atoms with Gasteiger partial charge in [-0.05, 0) is 37.1 Å². The number of nitrogens with one attached hydrogen (secondary N) is 1. The fourth-order valence-corrected chi connectivity index (χ4v) is 2.61. The van der Waals surface area contributed by atoms with E-state index in [1.54, 1.807) is 0 Å². The molecule has 0 amide bonds. The summed E-state index contributed by atoms with van der Waals surface area (Å²) in [6.07, 6.45) is 1.06. The predicted octanol–water partition coefficient (Wildman–Crippen LogP) is 4.35. The summed E-state index contributed by atoms with van der Waals surface area (Å²) < 4.78 is 5.80. The minimum atomic E-state index is 0.171. The van der Waals surface area contributed by atoms with E-state index in [1.165, 1.54) is 16.7 Å². The molecule has 0 heterocycles. The Morgan fingerprint density at radius 1 is 1.00 bits per heavy atom. The second-order valence-corrected chi connectivity index (χ2v) is 5.06. The van der Waals surface area contributed by atoms with Crippen molar-refractivity contribution in [2.45, 2.75) is 33.2 Å². The summed E-state index contributed by atoms with van der Waals surface area (Å²) in [4.78, 5) is 0. The zero-order valence-electron chi connectivity index (χ0n) is 13.2. The lowest BCUT2D eigenvalue weighted by molar-refractivity contribution is 0.333. The second-order valence-electron chi connectivity index (χ2n) is 5.06. The third kappa shape index (κ3) is 3.85. The van der Waals surface area contributed by atoms with E-state index >= 15 is 0 Å². The van der Waals surface area contributed by atoms with Gasteiger partial charge in [-0.2, -0.15) is 0 Å². The summed E-state index contributed by atoms with van der Waals surface area (Å²) in [5, 5.41) is 3.59. The van der Waals surface area contributed by atoms with E-state index in [2.05, 4.69) is 55.6 Å². The summed E-state index contributed by atoms with van der Waals surface area (Å²) >= 11 is 0. The quantitative estimate of drug-likeness (QED) is 0.816. The van der Waals surface area contributed by atoms with Gasteiger partial charge in [0.2, 0.25) is 0 Å². The third-order valence-corrected chi connectivity index (χ3v) is 3.63. The highest BCUT2D eigenvalue weighted by Gasteiger charge is 2.17. The molecular formula is C19H25NO. The lowest BCUT2D eigenvalue weighted by atomic mass is 9.95. The third-order valence-electron chi connectivity index (χ3n) is 3.63. The first-order valence-electron chi connectivity index (χ1n) is 7.84. The first-order valence-corrected chi connectivity index (χ1v) is 7.84. The molecule has 21 heavy (non-hydrogen) atoms. The van der Waals surface area contributed by atoms with E-state index in [0.717, 1.165) is 18.7 Å². The number of rotatable bonds is 7. The molecule has 1 N–H and O–H groups in total. The average Bonchev–Trinajstić information content (AvgIpc) is 2.54. The molecule has 0 bridgehead atoms. The molecule has 1 atom stereocenters. The molecule has 0 saturated heterocycles. The maximum absolute atomic E-state index is 5.80. The minimum absolute atomic E-state index is 0.171. The van der Waals surface area contributed by atoms with E-state index in [9.17, 15) is 0 Å². The van der Waals surface area contributed by atoms with Gasteiger partial charge >= 0.3 is 0 Å². The Labute approximate surface area is 128 Å². The molecule has 2 heteroatoms. The van der Waals surface area contributed by atoms with Gasteiger partial charge in [0.25, 0.3) is 0 Å². The highest BCUT2D eigenvalue weighted by molar-refractivity contribution is 5.42. The number of para-hydroxylation sites is 1. The maximum Gasteiger partial charge on any atom is 0.124 e. The Morgan fingerprint density at radius 2 is 1.81 bits per heavy atom. The van der Waals surface area contributed by atoms with Gasteiger partial charge in [0.1, 0.15) is 5.75 Å². The van der Waals surface area contributed by atoms with Crippen LogP contribution in [0.5, 0.6) is 5.75 Å². The van der Waals surface area contributed by atoms with Gasteiger partial charge in [0.15, 0.2) is 0 Å². The van der Waals surface area contributed by atoms with Gasteiger partial charge in [-0.1, -0.05) is 56.3 Å². The van der Waals surface area contributed by atoms with Crippen LogP contribution in [0.2, 0.25) is 0 Å². The average molecular weight is 283 g/mol. The van der Waals surface area contributed by atoms with Crippen LogP contribution in [0.1, 0.15) is 43.5 Å². The van der Waals surface area contributed by atoms with Crippen molar-refractivity contribution in [3.63, 3.8) is 0 Å². The van der Waals surface area contributed by atoms with Crippen molar-refractivity contribution in [3.05, 3.63) is 65.2 Å². The van der Waals surface area contributed by atoms with Crippen molar-refractivity contribution in [1.29, 1.82) is 0 Å². The second kappa shape index (κ2) is 7.84. The van der Waals surface area contributed by atoms with Gasteiger partial charge in [-0.3, -0.25) is 0 Å². The van der Waals surface area contributed by atoms with Crippen molar-refractivity contribution in [1.82, 2.24) is 5.32 Å². The summed E-state index contributed by atoms with van der Waals surface area (Å²) in [7, 11) is 0. The van der Waals surface area contributed by atoms with Gasteiger partial charge in [0.05, 0.1) is 12.6 Å². The number of aryl methyl sites for hydroxylation is 1. The normalized spacial score (nSPS) is 12.1. The Kier molecular flexibility index (Phi) is 5.82.